The Balaban J connectivity index is 3.55. The van der Waals surface area contributed by atoms with Crippen LogP contribution in [0.2, 0.25) is 0 Å². The average Bonchev–Trinajstić information content (AvgIpc) is 1.67. The summed E-state index contributed by atoms with van der Waals surface area (Å²) < 4.78 is 0. The lowest BCUT2D eigenvalue weighted by Gasteiger charge is -2.09. The second-order valence-corrected chi connectivity index (χ2v) is 5.95. The summed E-state index contributed by atoms with van der Waals surface area (Å²) in [6.07, 6.45) is -1.48. The van der Waals surface area contributed by atoms with E-state index in [1.807, 2.05) is 0 Å². The van der Waals surface area contributed by atoms with Gasteiger partial charge in [-0.1, -0.05) is 11.8 Å². The molecule has 0 saturated heterocycles. The fourth-order valence-electron chi connectivity index (χ4n) is 0.312. The molecule has 0 fully saturated rings. The number of hydrogen-bond donors (Lipinski definition) is 3. The van der Waals surface area contributed by atoms with Gasteiger partial charge < -0.3 is 15.9 Å². The van der Waals surface area contributed by atoms with Gasteiger partial charge in [0.1, 0.15) is 0 Å². The van der Waals surface area contributed by atoms with Crippen molar-refractivity contribution in [3.8, 4) is 0 Å². The van der Waals surface area contributed by atoms with Gasteiger partial charge in [0.2, 0.25) is 0 Å². The van der Waals surface area contributed by atoms with E-state index in [1.165, 1.54) is 0 Å². The highest BCUT2D eigenvalue weighted by atomic mass is 32.4. The van der Waals surface area contributed by atoms with Crippen LogP contribution >= 0.6 is 6.26 Å². The van der Waals surface area contributed by atoms with Crippen LogP contribution in [0.15, 0.2) is 0 Å². The van der Waals surface area contributed by atoms with Gasteiger partial charge in [-0.15, -0.1) is 0 Å². The molecule has 1 unspecified atom stereocenters. The predicted molar refractivity (Wildman–Crippen MR) is 39.5 cm³/mol. The highest BCUT2D eigenvalue weighted by Gasteiger charge is 2.05. The summed E-state index contributed by atoms with van der Waals surface area (Å²) in [6, 6.07) is 0. The van der Waals surface area contributed by atoms with Gasteiger partial charge in [0, 0.05) is 12.6 Å². The summed E-state index contributed by atoms with van der Waals surface area (Å²) in [4.78, 5) is 9.06. The highest BCUT2D eigenvalue weighted by Crippen LogP contribution is 2.35. The van der Waals surface area contributed by atoms with Crippen molar-refractivity contribution >= 4 is 18.1 Å². The largest absolute Gasteiger partial charge is 0.363 e. The van der Waals surface area contributed by atoms with E-state index in [2.05, 4.69) is 5.32 Å². The topological polar surface area (TPSA) is 58.3 Å². The summed E-state index contributed by atoms with van der Waals surface area (Å²) in [5, 5.41) is 2.77. The Bertz CT molecular complexity index is 107. The van der Waals surface area contributed by atoms with E-state index in [4.69, 9.17) is 22.4 Å². The van der Waals surface area contributed by atoms with Crippen LogP contribution in [0.1, 0.15) is 0 Å². The normalized spacial score (nSPS) is 17.9. The molecule has 50 valence electrons. The number of rotatable bonds is 3. The molecule has 0 aromatic rings. The summed E-state index contributed by atoms with van der Waals surface area (Å²) in [5.74, 6) is 0. The Labute approximate surface area is 54.4 Å². The maximum Gasteiger partial charge on any atom is 0.0893 e. The van der Waals surface area contributed by atoms with Gasteiger partial charge in [0.15, 0.2) is 0 Å². The third-order valence-corrected chi connectivity index (χ3v) is 2.91. The number of nitrogens with two attached hydrogens (primary N) is 1. The van der Waals surface area contributed by atoms with E-state index in [9.17, 15) is 0 Å². The number of nitrogens with one attached hydrogen (secondary N) is 1. The maximum atomic E-state index is 9.06. The first kappa shape index (κ1) is 8.53. The van der Waals surface area contributed by atoms with E-state index in [0.717, 1.165) is 0 Å². The van der Waals surface area contributed by atoms with Crippen LogP contribution in [0, 0.1) is 0 Å². The molecule has 5 heteroatoms. The zero-order valence-corrected chi connectivity index (χ0v) is 6.51. The molecular weight excluding hydrogens is 143 g/mol. The first-order valence-electron chi connectivity index (χ1n) is 2.28. The van der Waals surface area contributed by atoms with Gasteiger partial charge >= 0.3 is 0 Å². The van der Waals surface area contributed by atoms with E-state index < -0.39 is 6.26 Å². The molecule has 0 spiro atoms. The van der Waals surface area contributed by atoms with Crippen LogP contribution in [-0.4, -0.2) is 24.5 Å². The van der Waals surface area contributed by atoms with Crippen molar-refractivity contribution in [2.75, 3.05) is 19.6 Å². The van der Waals surface area contributed by atoms with Crippen LogP contribution in [0.3, 0.4) is 0 Å². The van der Waals surface area contributed by atoms with Crippen molar-refractivity contribution in [1.29, 1.82) is 0 Å². The fourth-order valence-corrected chi connectivity index (χ4v) is 1.32. The third-order valence-electron chi connectivity index (χ3n) is 0.690. The lowest BCUT2D eigenvalue weighted by molar-refractivity contribution is 0.614. The molecule has 0 aliphatic carbocycles. The van der Waals surface area contributed by atoms with Crippen LogP contribution in [-0.2, 0) is 11.8 Å². The van der Waals surface area contributed by atoms with E-state index in [-0.39, 0.29) is 6.29 Å². The Kier molecular flexibility index (Phi) is 3.77. The lowest BCUT2D eigenvalue weighted by Crippen LogP contribution is -2.13. The van der Waals surface area contributed by atoms with Gasteiger partial charge in [0.05, 0.1) is 6.26 Å². The van der Waals surface area contributed by atoms with Crippen LogP contribution in [0.25, 0.3) is 0 Å². The molecule has 0 rings (SSSR count). The standard InChI is InChI=1S/C3H11N2OPS/c1-5-3-7(6,8)2-4/h5H,2-4H2,1H3,(H,6,8). The van der Waals surface area contributed by atoms with Crippen molar-refractivity contribution in [2.45, 2.75) is 0 Å². The molecule has 3 nitrogen and oxygen atoms in total. The molecule has 0 amide bonds. The summed E-state index contributed by atoms with van der Waals surface area (Å²) >= 11 is 4.72. The fraction of sp³-hybridized carbons (Fsp3) is 1.00. The summed E-state index contributed by atoms with van der Waals surface area (Å²) in [6.45, 7) is 0. The minimum atomic E-state index is -2.17. The zero-order chi connectivity index (χ0) is 6.62. The van der Waals surface area contributed by atoms with Gasteiger partial charge in [-0.05, 0) is 7.05 Å². The first-order valence-corrected chi connectivity index (χ1v) is 5.40. The van der Waals surface area contributed by atoms with Crippen molar-refractivity contribution < 1.29 is 4.89 Å². The SMILES string of the molecule is CNCP(O)(=S)CN. The van der Waals surface area contributed by atoms with Gasteiger partial charge in [-0.3, -0.25) is 0 Å². The average molecular weight is 154 g/mol. The van der Waals surface area contributed by atoms with Crippen LogP contribution in [0.5, 0.6) is 0 Å². The first-order chi connectivity index (χ1) is 3.62. The van der Waals surface area contributed by atoms with Gasteiger partial charge in [-0.25, -0.2) is 0 Å². The molecule has 0 aromatic heterocycles. The van der Waals surface area contributed by atoms with Crippen LogP contribution in [0.4, 0.5) is 0 Å². The highest BCUT2D eigenvalue weighted by molar-refractivity contribution is 8.11. The van der Waals surface area contributed by atoms with Crippen molar-refractivity contribution in [3.05, 3.63) is 0 Å². The molecule has 0 aliphatic rings. The minimum absolute atomic E-state index is 0.225. The van der Waals surface area contributed by atoms with E-state index in [0.29, 0.717) is 6.29 Å². The molecule has 1 atom stereocenters. The lowest BCUT2D eigenvalue weighted by atomic mass is 11.3. The molecule has 0 heterocycles. The molecular formula is C3H11N2OPS. The van der Waals surface area contributed by atoms with Gasteiger partial charge in [0.25, 0.3) is 0 Å². The molecule has 0 aromatic carbocycles. The Hall–Kier alpha value is 0.530. The quantitative estimate of drug-likeness (QED) is 0.478. The third kappa shape index (κ3) is 3.52. The van der Waals surface area contributed by atoms with Crippen molar-refractivity contribution in [3.63, 3.8) is 0 Å². The van der Waals surface area contributed by atoms with E-state index >= 15 is 0 Å². The smallest absolute Gasteiger partial charge is 0.0893 e. The molecule has 0 radical (unpaired) electrons. The number of hydrogen-bond acceptors (Lipinski definition) is 3. The monoisotopic (exact) mass is 154 g/mol. The summed E-state index contributed by atoms with van der Waals surface area (Å²) in [7, 11) is 1.74. The second kappa shape index (κ2) is 3.54. The Morgan fingerprint density at radius 3 is 2.50 bits per heavy atom. The molecule has 8 heavy (non-hydrogen) atoms. The zero-order valence-electron chi connectivity index (χ0n) is 4.79. The molecule has 0 saturated carbocycles. The summed E-state index contributed by atoms with van der Waals surface area (Å²) in [5.41, 5.74) is 5.15. The second-order valence-electron chi connectivity index (χ2n) is 1.54. The van der Waals surface area contributed by atoms with Gasteiger partial charge in [-0.2, -0.15) is 0 Å². The van der Waals surface area contributed by atoms with Crippen molar-refractivity contribution in [2.24, 2.45) is 5.73 Å². The van der Waals surface area contributed by atoms with E-state index in [1.54, 1.807) is 7.05 Å². The maximum absolute atomic E-state index is 9.06. The molecule has 0 bridgehead atoms. The Morgan fingerprint density at radius 2 is 2.38 bits per heavy atom. The van der Waals surface area contributed by atoms with Crippen molar-refractivity contribution in [1.82, 2.24) is 5.32 Å². The molecule has 0 aliphatic heterocycles. The predicted octanol–water partition coefficient (Wildman–Crippen LogP) is -0.534. The van der Waals surface area contributed by atoms with Crippen LogP contribution < -0.4 is 11.1 Å². The Morgan fingerprint density at radius 1 is 1.88 bits per heavy atom. The molecule has 4 N–H and O–H groups in total. The minimum Gasteiger partial charge on any atom is -0.363 e.